The molecule has 1 aromatic heterocycles. The molecule has 2 aliphatic rings. The molecule has 1 unspecified atom stereocenters. The Kier molecular flexibility index (Phi) is 5.65. The predicted molar refractivity (Wildman–Crippen MR) is 131 cm³/mol. The van der Waals surface area contributed by atoms with Crippen LogP contribution >= 0.6 is 0 Å². The van der Waals surface area contributed by atoms with Crippen LogP contribution in [0.25, 0.3) is 5.69 Å². The molecule has 1 aliphatic heterocycles. The van der Waals surface area contributed by atoms with Gasteiger partial charge in [0.2, 0.25) is 11.8 Å². The molecule has 176 valence electrons. The lowest BCUT2D eigenvalue weighted by Crippen LogP contribution is -2.27. The molecule has 2 aromatic carbocycles. The van der Waals surface area contributed by atoms with E-state index >= 15 is 0 Å². The number of carbonyl (C=O) groups is 1. The molecule has 0 saturated heterocycles. The van der Waals surface area contributed by atoms with Crippen molar-refractivity contribution in [3.8, 4) is 23.4 Å². The number of aromatic nitrogens is 2. The minimum atomic E-state index is -0.712. The number of Topliss-reactive ketones (excluding diaryl/α,β-unsaturated/α-hetero) is 1. The smallest absolute Gasteiger partial charge is 0.227 e. The van der Waals surface area contributed by atoms with E-state index in [1.165, 1.54) is 0 Å². The molecule has 0 radical (unpaired) electrons. The van der Waals surface area contributed by atoms with E-state index in [-0.39, 0.29) is 17.2 Å². The van der Waals surface area contributed by atoms with Crippen LogP contribution in [-0.4, -0.2) is 15.6 Å². The van der Waals surface area contributed by atoms with Gasteiger partial charge in [-0.25, -0.2) is 4.68 Å². The van der Waals surface area contributed by atoms with Gasteiger partial charge in [0.05, 0.1) is 22.9 Å². The van der Waals surface area contributed by atoms with Crippen molar-refractivity contribution in [3.05, 3.63) is 93.7 Å². The van der Waals surface area contributed by atoms with E-state index in [9.17, 15) is 10.1 Å². The summed E-state index contributed by atoms with van der Waals surface area (Å²) in [6, 6.07) is 17.8. The summed E-state index contributed by atoms with van der Waals surface area (Å²) in [7, 11) is 0. The van der Waals surface area contributed by atoms with Crippen LogP contribution in [0.1, 0.15) is 47.6 Å². The first-order valence-electron chi connectivity index (χ1n) is 11.6. The molecule has 35 heavy (non-hydrogen) atoms. The van der Waals surface area contributed by atoms with Gasteiger partial charge in [0, 0.05) is 18.4 Å². The summed E-state index contributed by atoms with van der Waals surface area (Å²) in [4.78, 5) is 13.1. The van der Waals surface area contributed by atoms with E-state index in [2.05, 4.69) is 6.07 Å². The maximum atomic E-state index is 13.1. The summed E-state index contributed by atoms with van der Waals surface area (Å²) in [5.41, 5.74) is 11.2. The zero-order valence-electron chi connectivity index (χ0n) is 20.0. The summed E-state index contributed by atoms with van der Waals surface area (Å²) < 4.78 is 13.9. The van der Waals surface area contributed by atoms with E-state index in [1.54, 1.807) is 4.68 Å². The first-order chi connectivity index (χ1) is 16.9. The Morgan fingerprint density at radius 2 is 1.71 bits per heavy atom. The maximum absolute atomic E-state index is 13.1. The molecule has 2 N–H and O–H groups in total. The second-order valence-corrected chi connectivity index (χ2v) is 9.01. The first kappa shape index (κ1) is 22.5. The number of rotatable bonds is 4. The Morgan fingerprint density at radius 3 is 2.37 bits per heavy atom. The number of hydrogen-bond donors (Lipinski definition) is 1. The van der Waals surface area contributed by atoms with E-state index in [1.807, 2.05) is 69.3 Å². The Morgan fingerprint density at radius 1 is 1.06 bits per heavy atom. The lowest BCUT2D eigenvalue weighted by molar-refractivity contribution is -0.116. The number of ether oxygens (including phenoxy) is 2. The van der Waals surface area contributed by atoms with Crippen LogP contribution in [0.5, 0.6) is 11.6 Å². The van der Waals surface area contributed by atoms with Crippen LogP contribution in [0, 0.1) is 32.1 Å². The van der Waals surface area contributed by atoms with Crippen molar-refractivity contribution in [3.63, 3.8) is 0 Å². The highest BCUT2D eigenvalue weighted by atomic mass is 16.5. The standard InChI is InChI=1S/C28H26N4O3/c1-16-7-11-19(12-8-16)32-28(34-20-13-9-17(2)10-14-20)24(18(3)31-32)25-21(15-29)27(30)35-23-6-4-5-22(33)26(23)25/h7-14,25H,4-6,30H2,1-3H3. The minimum absolute atomic E-state index is 0.0229. The van der Waals surface area contributed by atoms with Crippen LogP contribution in [-0.2, 0) is 9.53 Å². The number of nitriles is 1. The first-order valence-corrected chi connectivity index (χ1v) is 11.6. The minimum Gasteiger partial charge on any atom is -0.444 e. The Balaban J connectivity index is 1.76. The summed E-state index contributed by atoms with van der Waals surface area (Å²) in [5, 5.41) is 14.9. The number of ketones is 1. The number of nitrogens with two attached hydrogens (primary N) is 1. The van der Waals surface area contributed by atoms with Gasteiger partial charge in [-0.05, 0) is 51.5 Å². The second kappa shape index (κ2) is 8.80. The number of aryl methyl sites for hydroxylation is 3. The molecule has 3 aromatic rings. The molecule has 5 rings (SSSR count). The van der Waals surface area contributed by atoms with Gasteiger partial charge in [-0.3, -0.25) is 4.79 Å². The maximum Gasteiger partial charge on any atom is 0.227 e. The molecule has 0 saturated carbocycles. The van der Waals surface area contributed by atoms with E-state index < -0.39 is 5.92 Å². The van der Waals surface area contributed by atoms with E-state index in [4.69, 9.17) is 20.3 Å². The molecule has 0 fully saturated rings. The zero-order valence-corrected chi connectivity index (χ0v) is 20.0. The zero-order chi connectivity index (χ0) is 24.7. The topological polar surface area (TPSA) is 103 Å². The Hall–Kier alpha value is -4.31. The van der Waals surface area contributed by atoms with Crippen molar-refractivity contribution in [2.45, 2.75) is 46.0 Å². The number of hydrogen-bond acceptors (Lipinski definition) is 6. The summed E-state index contributed by atoms with van der Waals surface area (Å²) >= 11 is 0. The highest BCUT2D eigenvalue weighted by Gasteiger charge is 2.42. The van der Waals surface area contributed by atoms with E-state index in [0.717, 1.165) is 16.8 Å². The Labute approximate surface area is 204 Å². The average molecular weight is 467 g/mol. The largest absolute Gasteiger partial charge is 0.444 e. The van der Waals surface area contributed by atoms with Gasteiger partial charge < -0.3 is 15.2 Å². The SMILES string of the molecule is Cc1ccc(Oc2c(C3C(C#N)=C(N)OC4=C3C(=O)CCC4)c(C)nn2-c2ccc(C)cc2)cc1. The predicted octanol–water partition coefficient (Wildman–Crippen LogP) is 5.40. The summed E-state index contributed by atoms with van der Waals surface area (Å²) in [5.74, 6) is 0.863. The average Bonchev–Trinajstić information content (AvgIpc) is 3.15. The third-order valence-electron chi connectivity index (χ3n) is 6.47. The van der Waals surface area contributed by atoms with Crippen LogP contribution in [0.2, 0.25) is 0 Å². The molecule has 0 amide bonds. The lowest BCUT2D eigenvalue weighted by Gasteiger charge is -2.31. The van der Waals surface area contributed by atoms with Gasteiger partial charge in [0.15, 0.2) is 5.78 Å². The van der Waals surface area contributed by atoms with Gasteiger partial charge in [-0.2, -0.15) is 10.4 Å². The van der Waals surface area contributed by atoms with Crippen LogP contribution in [0.4, 0.5) is 0 Å². The van der Waals surface area contributed by atoms with Gasteiger partial charge in [0.25, 0.3) is 0 Å². The summed E-state index contributed by atoms with van der Waals surface area (Å²) in [6.45, 7) is 5.88. The van der Waals surface area contributed by atoms with Gasteiger partial charge >= 0.3 is 0 Å². The molecular formula is C28H26N4O3. The van der Waals surface area contributed by atoms with E-state index in [0.29, 0.717) is 53.5 Å². The van der Waals surface area contributed by atoms with Crippen molar-refractivity contribution in [2.75, 3.05) is 0 Å². The quantitative estimate of drug-likeness (QED) is 0.552. The second-order valence-electron chi connectivity index (χ2n) is 9.01. The van der Waals surface area contributed by atoms with Crippen LogP contribution in [0.15, 0.2) is 71.3 Å². The molecule has 1 atom stereocenters. The lowest BCUT2D eigenvalue weighted by atomic mass is 9.77. The van der Waals surface area contributed by atoms with Crippen LogP contribution in [0.3, 0.4) is 0 Å². The number of benzene rings is 2. The van der Waals surface area contributed by atoms with Gasteiger partial charge in [-0.1, -0.05) is 35.4 Å². The molecule has 0 bridgehead atoms. The molecule has 7 heteroatoms. The van der Waals surface area contributed by atoms with Crippen molar-refractivity contribution in [1.29, 1.82) is 5.26 Å². The highest BCUT2D eigenvalue weighted by molar-refractivity contribution is 5.99. The number of carbonyl (C=O) groups excluding carboxylic acids is 1. The third kappa shape index (κ3) is 3.97. The molecule has 0 spiro atoms. The van der Waals surface area contributed by atoms with Gasteiger partial charge in [-0.15, -0.1) is 0 Å². The Bertz CT molecular complexity index is 1420. The van der Waals surface area contributed by atoms with Crippen molar-refractivity contribution in [2.24, 2.45) is 5.73 Å². The molecule has 7 nitrogen and oxygen atoms in total. The third-order valence-corrected chi connectivity index (χ3v) is 6.47. The fourth-order valence-electron chi connectivity index (χ4n) is 4.67. The van der Waals surface area contributed by atoms with Gasteiger partial charge in [0.1, 0.15) is 23.2 Å². The summed E-state index contributed by atoms with van der Waals surface area (Å²) in [6.07, 6.45) is 1.68. The number of allylic oxidation sites excluding steroid dienone is 3. The fraction of sp³-hybridized carbons (Fsp3) is 0.250. The van der Waals surface area contributed by atoms with Crippen molar-refractivity contribution in [1.82, 2.24) is 9.78 Å². The van der Waals surface area contributed by atoms with Crippen molar-refractivity contribution >= 4 is 5.78 Å². The van der Waals surface area contributed by atoms with Crippen molar-refractivity contribution < 1.29 is 14.3 Å². The number of nitrogens with zero attached hydrogens (tertiary/aromatic N) is 3. The fourth-order valence-corrected chi connectivity index (χ4v) is 4.67. The normalized spacial score (nSPS) is 17.7. The molecule has 1 aliphatic carbocycles. The van der Waals surface area contributed by atoms with Crippen LogP contribution < -0.4 is 10.5 Å². The molecule has 2 heterocycles. The highest BCUT2D eigenvalue weighted by Crippen LogP contribution is 2.48. The molecular weight excluding hydrogens is 440 g/mol. The monoisotopic (exact) mass is 466 g/mol.